The van der Waals surface area contributed by atoms with Gasteiger partial charge in [-0.3, -0.25) is 0 Å². The first-order valence-electron chi connectivity index (χ1n) is 12.2. The number of ether oxygens (including phenoxy) is 3. The fourth-order valence-electron chi connectivity index (χ4n) is 4.15. The van der Waals surface area contributed by atoms with Gasteiger partial charge in [0.1, 0.15) is 17.6 Å². The Bertz CT molecular complexity index is 1260. The molecule has 1 aliphatic heterocycles. The number of benzene rings is 3. The lowest BCUT2D eigenvalue weighted by molar-refractivity contribution is 0.0339. The normalized spacial score (nSPS) is 17.1. The number of thioether (sulfide) groups is 1. The van der Waals surface area contributed by atoms with E-state index >= 15 is 0 Å². The summed E-state index contributed by atoms with van der Waals surface area (Å²) in [6.45, 7) is 5.39. The third kappa shape index (κ3) is 6.24. The number of hydrogen-bond donors (Lipinski definition) is 0. The number of hydrogen-bond acceptors (Lipinski definition) is 6. The average Bonchev–Trinajstić information content (AvgIpc) is 2.97. The molecule has 0 amide bonds. The Kier molecular flexibility index (Phi) is 8.95. The molecule has 0 spiro atoms. The third-order valence-corrected chi connectivity index (χ3v) is 8.84. The van der Waals surface area contributed by atoms with Gasteiger partial charge in [0.15, 0.2) is 10.6 Å². The van der Waals surface area contributed by atoms with Crippen molar-refractivity contribution >= 4 is 21.8 Å². The Balaban J connectivity index is 1.63. The molecular weight excluding hydrogens is 494 g/mol. The lowest BCUT2D eigenvalue weighted by Gasteiger charge is -2.23. The molecule has 3 aromatic rings. The van der Waals surface area contributed by atoms with Gasteiger partial charge in [0.05, 0.1) is 19.8 Å². The third-order valence-electron chi connectivity index (χ3n) is 6.01. The quantitative estimate of drug-likeness (QED) is 0.289. The average molecular weight is 528 g/mol. The van der Waals surface area contributed by atoms with Crippen molar-refractivity contribution in [3.05, 3.63) is 77.9 Å². The monoisotopic (exact) mass is 527 g/mol. The molecule has 0 aliphatic carbocycles. The Morgan fingerprint density at radius 1 is 1.08 bits per heavy atom. The van der Waals surface area contributed by atoms with Gasteiger partial charge in [-0.25, -0.2) is 8.42 Å². The zero-order valence-electron chi connectivity index (χ0n) is 21.0. The van der Waals surface area contributed by atoms with E-state index in [1.54, 1.807) is 30.0 Å². The molecule has 6 nitrogen and oxygen atoms in total. The maximum absolute atomic E-state index is 13.9. The van der Waals surface area contributed by atoms with Crippen LogP contribution in [0.25, 0.3) is 0 Å². The van der Waals surface area contributed by atoms with Gasteiger partial charge in [-0.1, -0.05) is 49.7 Å². The van der Waals surface area contributed by atoms with Crippen LogP contribution in [0, 0.1) is 6.92 Å². The molecule has 0 bridgehead atoms. The van der Waals surface area contributed by atoms with E-state index in [4.69, 9.17) is 14.2 Å². The highest BCUT2D eigenvalue weighted by molar-refractivity contribution is 7.98. The highest BCUT2D eigenvalue weighted by atomic mass is 32.2. The summed E-state index contributed by atoms with van der Waals surface area (Å²) in [5, 5.41) is 0. The molecule has 1 unspecified atom stereocenters. The molecular formula is C28H33NO5S2. The highest BCUT2D eigenvalue weighted by Gasteiger charge is 2.37. The Hall–Kier alpha value is -2.52. The van der Waals surface area contributed by atoms with E-state index in [2.05, 4.69) is 0 Å². The molecule has 192 valence electrons. The van der Waals surface area contributed by atoms with Gasteiger partial charge < -0.3 is 14.2 Å². The molecule has 0 saturated carbocycles. The van der Waals surface area contributed by atoms with Crippen LogP contribution in [0.4, 0.5) is 0 Å². The van der Waals surface area contributed by atoms with E-state index in [1.165, 1.54) is 4.31 Å². The van der Waals surface area contributed by atoms with E-state index in [9.17, 15) is 8.42 Å². The number of unbranched alkanes of at least 4 members (excludes halogenated alkanes) is 1. The van der Waals surface area contributed by atoms with Crippen LogP contribution in [-0.4, -0.2) is 44.8 Å². The fourth-order valence-corrected chi connectivity index (χ4v) is 6.46. The lowest BCUT2D eigenvalue weighted by Crippen LogP contribution is -2.39. The van der Waals surface area contributed by atoms with E-state index in [-0.39, 0.29) is 29.5 Å². The zero-order chi connectivity index (χ0) is 25.5. The zero-order valence-corrected chi connectivity index (χ0v) is 22.6. The van der Waals surface area contributed by atoms with Crippen LogP contribution in [0.2, 0.25) is 0 Å². The van der Waals surface area contributed by atoms with Crippen molar-refractivity contribution in [2.24, 2.45) is 0 Å². The largest absolute Gasteiger partial charge is 0.485 e. The minimum atomic E-state index is -3.85. The molecule has 1 atom stereocenters. The molecule has 36 heavy (non-hydrogen) atoms. The Labute approximate surface area is 218 Å². The summed E-state index contributed by atoms with van der Waals surface area (Å²) in [7, 11) is -3.85. The molecule has 0 saturated heterocycles. The van der Waals surface area contributed by atoms with E-state index in [0.29, 0.717) is 18.9 Å². The first kappa shape index (κ1) is 26.5. The number of rotatable bonds is 10. The molecule has 8 heteroatoms. The van der Waals surface area contributed by atoms with E-state index in [1.807, 2.05) is 68.6 Å². The highest BCUT2D eigenvalue weighted by Crippen LogP contribution is 2.40. The van der Waals surface area contributed by atoms with Crippen molar-refractivity contribution in [2.75, 3.05) is 26.0 Å². The summed E-state index contributed by atoms with van der Waals surface area (Å²) < 4.78 is 47.6. The van der Waals surface area contributed by atoms with Gasteiger partial charge >= 0.3 is 0 Å². The van der Waals surface area contributed by atoms with Crippen LogP contribution in [0.15, 0.2) is 76.5 Å². The van der Waals surface area contributed by atoms with Crippen LogP contribution in [0.3, 0.4) is 0 Å². The maximum atomic E-state index is 13.9. The van der Waals surface area contributed by atoms with Gasteiger partial charge in [-0.05, 0) is 61.1 Å². The predicted octanol–water partition coefficient (Wildman–Crippen LogP) is 6.28. The Morgan fingerprint density at radius 3 is 2.61 bits per heavy atom. The number of sulfonamides is 1. The van der Waals surface area contributed by atoms with E-state index < -0.39 is 16.1 Å². The molecule has 1 heterocycles. The van der Waals surface area contributed by atoms with Crippen molar-refractivity contribution < 1.29 is 22.6 Å². The molecule has 3 aromatic carbocycles. The molecule has 0 fully saturated rings. The number of nitrogens with zero attached hydrogens (tertiary/aromatic N) is 1. The summed E-state index contributed by atoms with van der Waals surface area (Å²) in [4.78, 5) is 1.22. The fraction of sp³-hybridized carbons (Fsp3) is 0.357. The smallest absolute Gasteiger partial charge is 0.250 e. The first-order valence-corrected chi connectivity index (χ1v) is 14.8. The number of aryl methyl sites for hydroxylation is 1. The van der Waals surface area contributed by atoms with Gasteiger partial charge in [-0.2, -0.15) is 4.31 Å². The lowest BCUT2D eigenvalue weighted by atomic mass is 10.2. The standard InChI is InChI=1S/C28H33NO5S2/c1-4-5-16-29-18-24(20-32-19-22-10-7-6-8-11-22)34-26-13-9-12-25(28(26)36(29,30)31)33-23-14-15-27(35-3)21(2)17-23/h6-15,17,24H,4-5,16,18-20H2,1-3H3. The van der Waals surface area contributed by atoms with Crippen LogP contribution >= 0.6 is 11.8 Å². The summed E-state index contributed by atoms with van der Waals surface area (Å²) in [6.07, 6.45) is 3.22. The van der Waals surface area contributed by atoms with Crippen LogP contribution in [-0.2, 0) is 21.4 Å². The van der Waals surface area contributed by atoms with Crippen LogP contribution in [0.1, 0.15) is 30.9 Å². The Morgan fingerprint density at radius 2 is 1.89 bits per heavy atom. The summed E-state index contributed by atoms with van der Waals surface area (Å²) in [5.74, 6) is 1.13. The first-order chi connectivity index (χ1) is 17.4. The van der Waals surface area contributed by atoms with Crippen LogP contribution < -0.4 is 9.47 Å². The minimum absolute atomic E-state index is 0.0678. The van der Waals surface area contributed by atoms with Crippen molar-refractivity contribution in [2.45, 2.75) is 49.2 Å². The topological polar surface area (TPSA) is 65.1 Å². The van der Waals surface area contributed by atoms with Crippen LogP contribution in [0.5, 0.6) is 17.2 Å². The predicted molar refractivity (Wildman–Crippen MR) is 144 cm³/mol. The summed E-state index contributed by atoms with van der Waals surface area (Å²) >= 11 is 1.66. The second-order valence-corrected chi connectivity index (χ2v) is 11.5. The van der Waals surface area contributed by atoms with Crippen molar-refractivity contribution in [1.82, 2.24) is 4.31 Å². The van der Waals surface area contributed by atoms with Crippen molar-refractivity contribution in [3.63, 3.8) is 0 Å². The molecule has 0 N–H and O–H groups in total. The second kappa shape index (κ2) is 12.1. The second-order valence-electron chi connectivity index (χ2n) is 8.77. The summed E-state index contributed by atoms with van der Waals surface area (Å²) in [5.41, 5.74) is 2.13. The molecule has 1 aliphatic rings. The van der Waals surface area contributed by atoms with Gasteiger partial charge in [0, 0.05) is 11.4 Å². The maximum Gasteiger partial charge on any atom is 0.250 e. The molecule has 4 rings (SSSR count). The van der Waals surface area contributed by atoms with Gasteiger partial charge in [0.2, 0.25) is 0 Å². The summed E-state index contributed by atoms with van der Waals surface area (Å²) in [6, 6.07) is 20.8. The molecule has 0 radical (unpaired) electrons. The SMILES string of the molecule is CCCCN1CC(COCc2ccccc2)Oc2cccc(Oc3ccc(SC)c(C)c3)c2S1(=O)=O. The van der Waals surface area contributed by atoms with Gasteiger partial charge in [0.25, 0.3) is 10.0 Å². The minimum Gasteiger partial charge on any atom is -0.485 e. The van der Waals surface area contributed by atoms with E-state index in [0.717, 1.165) is 28.9 Å². The van der Waals surface area contributed by atoms with Gasteiger partial charge in [-0.15, -0.1) is 11.8 Å². The number of fused-ring (bicyclic) bond motifs is 1. The molecule has 0 aromatic heterocycles. The van der Waals surface area contributed by atoms with Crippen molar-refractivity contribution in [3.8, 4) is 17.2 Å². The van der Waals surface area contributed by atoms with Crippen molar-refractivity contribution in [1.29, 1.82) is 0 Å².